The average Bonchev–Trinajstić information content (AvgIpc) is 3.02. The smallest absolute Gasteiger partial charge is 0.274 e. The second kappa shape index (κ2) is 5.02. The normalized spacial score (nSPS) is 20.7. The van der Waals surface area contributed by atoms with Gasteiger partial charge in [0.1, 0.15) is 5.69 Å². The number of nitrogens with zero attached hydrogens (tertiary/aromatic N) is 2. The van der Waals surface area contributed by atoms with Crippen LogP contribution in [-0.4, -0.2) is 33.9 Å². The van der Waals surface area contributed by atoms with Gasteiger partial charge in [-0.2, -0.15) is 0 Å². The molecule has 1 aliphatic heterocycles. The van der Waals surface area contributed by atoms with E-state index in [4.69, 9.17) is 0 Å². The molecule has 1 amide bonds. The fourth-order valence-corrected chi connectivity index (χ4v) is 3.26. The number of carbonyl (C=O) groups excluding carboxylic acids is 1. The number of hydrogen-bond acceptors (Lipinski definition) is 2. The molecule has 1 N–H and O–H groups in total. The van der Waals surface area contributed by atoms with E-state index in [2.05, 4.69) is 48.1 Å². The minimum atomic E-state index is 0.0280. The zero-order valence-electron chi connectivity index (χ0n) is 12.8. The summed E-state index contributed by atoms with van der Waals surface area (Å²) in [5, 5.41) is 0. The van der Waals surface area contributed by atoms with Gasteiger partial charge in [-0.15, -0.1) is 0 Å². The van der Waals surface area contributed by atoms with E-state index in [0.29, 0.717) is 11.6 Å². The van der Waals surface area contributed by atoms with E-state index in [1.807, 2.05) is 17.9 Å². The van der Waals surface area contributed by atoms with Gasteiger partial charge in [-0.3, -0.25) is 4.79 Å². The molecule has 1 atom stereocenters. The Labute approximate surface area is 125 Å². The summed E-state index contributed by atoms with van der Waals surface area (Å²) in [6.45, 7) is 7.86. The summed E-state index contributed by atoms with van der Waals surface area (Å²) in [5.41, 5.74) is 2.75. The van der Waals surface area contributed by atoms with Crippen LogP contribution in [0.3, 0.4) is 0 Å². The highest BCUT2D eigenvalue weighted by Gasteiger charge is 2.42. The molecule has 0 spiro atoms. The molecule has 2 aromatic rings. The first kappa shape index (κ1) is 13.9. The monoisotopic (exact) mass is 283 g/mol. The lowest BCUT2D eigenvalue weighted by Crippen LogP contribution is -2.30. The summed E-state index contributed by atoms with van der Waals surface area (Å²) in [6, 6.07) is 10.5. The molecule has 0 aliphatic carbocycles. The van der Waals surface area contributed by atoms with Gasteiger partial charge in [0.05, 0.1) is 6.33 Å². The number of benzene rings is 1. The molecule has 2 heterocycles. The van der Waals surface area contributed by atoms with Crippen LogP contribution >= 0.6 is 0 Å². The first-order chi connectivity index (χ1) is 9.99. The van der Waals surface area contributed by atoms with Gasteiger partial charge in [-0.05, 0) is 17.9 Å². The molecule has 0 radical (unpaired) electrons. The number of aromatic amines is 1. The van der Waals surface area contributed by atoms with Crippen LogP contribution < -0.4 is 0 Å². The number of carbonyl (C=O) groups is 1. The van der Waals surface area contributed by atoms with Crippen molar-refractivity contribution < 1.29 is 4.79 Å². The molecule has 3 rings (SSSR count). The second-order valence-corrected chi connectivity index (χ2v) is 6.51. The number of aryl methyl sites for hydroxylation is 1. The van der Waals surface area contributed by atoms with Crippen LogP contribution in [0.1, 0.15) is 41.5 Å². The van der Waals surface area contributed by atoms with Crippen molar-refractivity contribution in [1.29, 1.82) is 0 Å². The van der Waals surface area contributed by atoms with Gasteiger partial charge in [0, 0.05) is 24.7 Å². The summed E-state index contributed by atoms with van der Waals surface area (Å²) in [7, 11) is 0. The van der Waals surface area contributed by atoms with Gasteiger partial charge in [0.2, 0.25) is 0 Å². The predicted molar refractivity (Wildman–Crippen MR) is 82.2 cm³/mol. The third kappa shape index (κ3) is 2.46. The number of imidazole rings is 1. The topological polar surface area (TPSA) is 49.0 Å². The fraction of sp³-hybridized carbons (Fsp3) is 0.412. The van der Waals surface area contributed by atoms with Crippen LogP contribution in [0, 0.1) is 12.3 Å². The summed E-state index contributed by atoms with van der Waals surface area (Å²) in [4.78, 5) is 21.7. The molecule has 1 fully saturated rings. The Kier molecular flexibility index (Phi) is 3.32. The maximum atomic E-state index is 12.6. The Balaban J connectivity index is 1.85. The predicted octanol–water partition coefficient (Wildman–Crippen LogP) is 2.98. The van der Waals surface area contributed by atoms with Crippen molar-refractivity contribution in [3.8, 4) is 0 Å². The van der Waals surface area contributed by atoms with Crippen LogP contribution in [-0.2, 0) is 0 Å². The van der Waals surface area contributed by atoms with E-state index in [0.717, 1.165) is 18.8 Å². The molecule has 21 heavy (non-hydrogen) atoms. The van der Waals surface area contributed by atoms with Crippen LogP contribution in [0.4, 0.5) is 0 Å². The zero-order chi connectivity index (χ0) is 15.0. The van der Waals surface area contributed by atoms with E-state index >= 15 is 0 Å². The maximum absolute atomic E-state index is 12.6. The lowest BCUT2D eigenvalue weighted by atomic mass is 9.78. The quantitative estimate of drug-likeness (QED) is 0.921. The van der Waals surface area contributed by atoms with Gasteiger partial charge < -0.3 is 9.88 Å². The van der Waals surface area contributed by atoms with Gasteiger partial charge >= 0.3 is 0 Å². The highest BCUT2D eigenvalue weighted by atomic mass is 16.2. The Morgan fingerprint density at radius 3 is 2.67 bits per heavy atom. The van der Waals surface area contributed by atoms with Gasteiger partial charge in [-0.1, -0.05) is 44.2 Å². The molecule has 4 heteroatoms. The molecular formula is C17H21N3O. The Hall–Kier alpha value is -2.10. The second-order valence-electron chi connectivity index (χ2n) is 6.51. The Bertz CT molecular complexity index is 645. The van der Waals surface area contributed by atoms with Crippen molar-refractivity contribution >= 4 is 5.91 Å². The third-order valence-corrected chi connectivity index (χ3v) is 4.47. The molecule has 110 valence electrons. The SMILES string of the molecule is Cc1[nH]cnc1C(=O)N1CC(c2ccccc2)C(C)(C)C1. The molecule has 0 saturated carbocycles. The van der Waals surface area contributed by atoms with E-state index in [1.165, 1.54) is 5.56 Å². The highest BCUT2D eigenvalue weighted by molar-refractivity contribution is 5.93. The average molecular weight is 283 g/mol. The lowest BCUT2D eigenvalue weighted by Gasteiger charge is -2.25. The van der Waals surface area contributed by atoms with Crippen molar-refractivity contribution in [2.24, 2.45) is 5.41 Å². The number of nitrogens with one attached hydrogen (secondary N) is 1. The van der Waals surface area contributed by atoms with E-state index in [1.54, 1.807) is 6.33 Å². The van der Waals surface area contributed by atoms with Gasteiger partial charge in [0.25, 0.3) is 5.91 Å². The molecule has 1 aliphatic rings. The maximum Gasteiger partial charge on any atom is 0.274 e. The number of hydrogen-bond donors (Lipinski definition) is 1. The standard InChI is InChI=1S/C17H21N3O/c1-12-15(19-11-18-12)16(21)20-9-14(17(2,3)10-20)13-7-5-4-6-8-13/h4-8,11,14H,9-10H2,1-3H3,(H,18,19). The van der Waals surface area contributed by atoms with E-state index in [9.17, 15) is 4.79 Å². The van der Waals surface area contributed by atoms with Crippen molar-refractivity contribution in [3.63, 3.8) is 0 Å². The van der Waals surface area contributed by atoms with Gasteiger partial charge in [-0.25, -0.2) is 4.98 Å². The van der Waals surface area contributed by atoms with E-state index < -0.39 is 0 Å². The number of aromatic nitrogens is 2. The summed E-state index contributed by atoms with van der Waals surface area (Å²) in [6.07, 6.45) is 1.58. The number of rotatable bonds is 2. The number of H-pyrrole nitrogens is 1. The first-order valence-corrected chi connectivity index (χ1v) is 7.33. The van der Waals surface area contributed by atoms with E-state index in [-0.39, 0.29) is 11.3 Å². The zero-order valence-corrected chi connectivity index (χ0v) is 12.8. The molecular weight excluding hydrogens is 262 g/mol. The number of likely N-dealkylation sites (tertiary alicyclic amines) is 1. The molecule has 1 saturated heterocycles. The van der Waals surface area contributed by atoms with Crippen molar-refractivity contribution in [2.75, 3.05) is 13.1 Å². The number of amides is 1. The minimum absolute atomic E-state index is 0.0280. The molecule has 1 unspecified atom stereocenters. The fourth-order valence-electron chi connectivity index (χ4n) is 3.26. The van der Waals surface area contributed by atoms with Gasteiger partial charge in [0.15, 0.2) is 0 Å². The third-order valence-electron chi connectivity index (χ3n) is 4.47. The summed E-state index contributed by atoms with van der Waals surface area (Å²) < 4.78 is 0. The lowest BCUT2D eigenvalue weighted by molar-refractivity contribution is 0.0772. The molecule has 0 bridgehead atoms. The molecule has 4 nitrogen and oxygen atoms in total. The highest BCUT2D eigenvalue weighted by Crippen LogP contribution is 2.42. The Morgan fingerprint density at radius 2 is 2.05 bits per heavy atom. The van der Waals surface area contributed by atoms with Crippen LogP contribution in [0.15, 0.2) is 36.7 Å². The summed E-state index contributed by atoms with van der Waals surface area (Å²) in [5.74, 6) is 0.391. The largest absolute Gasteiger partial charge is 0.348 e. The molecule has 1 aromatic carbocycles. The van der Waals surface area contributed by atoms with Crippen LogP contribution in [0.5, 0.6) is 0 Å². The molecule has 1 aromatic heterocycles. The van der Waals surface area contributed by atoms with Crippen molar-refractivity contribution in [3.05, 3.63) is 53.6 Å². The van der Waals surface area contributed by atoms with Crippen molar-refractivity contribution in [2.45, 2.75) is 26.7 Å². The Morgan fingerprint density at radius 1 is 1.33 bits per heavy atom. The minimum Gasteiger partial charge on any atom is -0.348 e. The van der Waals surface area contributed by atoms with Crippen LogP contribution in [0.2, 0.25) is 0 Å². The van der Waals surface area contributed by atoms with Crippen LogP contribution in [0.25, 0.3) is 0 Å². The summed E-state index contributed by atoms with van der Waals surface area (Å²) >= 11 is 0. The van der Waals surface area contributed by atoms with Crippen molar-refractivity contribution in [1.82, 2.24) is 14.9 Å². The first-order valence-electron chi connectivity index (χ1n) is 7.33.